The molecule has 0 radical (unpaired) electrons. The van der Waals surface area contributed by atoms with Gasteiger partial charge in [-0.05, 0) is 24.3 Å². The van der Waals surface area contributed by atoms with Gasteiger partial charge in [0.2, 0.25) is 0 Å². The van der Waals surface area contributed by atoms with Crippen LogP contribution in [0.2, 0.25) is 0 Å². The van der Waals surface area contributed by atoms with Gasteiger partial charge in [0.25, 0.3) is 0 Å². The van der Waals surface area contributed by atoms with Crippen LogP contribution in [0.5, 0.6) is 0 Å². The maximum absolute atomic E-state index is 5.57. The number of nitrogens with zero attached hydrogens (tertiary/aromatic N) is 2. The lowest BCUT2D eigenvalue weighted by Crippen LogP contribution is -2.58. The molecule has 3 nitrogen and oxygen atoms in total. The lowest BCUT2D eigenvalue weighted by atomic mass is 10.1. The normalized spacial score (nSPS) is 25.7. The van der Waals surface area contributed by atoms with E-state index in [0.29, 0.717) is 6.04 Å². The van der Waals surface area contributed by atoms with Gasteiger partial charge in [-0.3, -0.25) is 4.90 Å². The van der Waals surface area contributed by atoms with Gasteiger partial charge >= 0.3 is 0 Å². The maximum atomic E-state index is 5.57. The number of benzene rings is 1. The Kier molecular flexibility index (Phi) is 3.36. The fourth-order valence-electron chi connectivity index (χ4n) is 2.63. The zero-order chi connectivity index (χ0) is 11.7. The third kappa shape index (κ3) is 2.49. The number of morpholine rings is 1. The van der Waals surface area contributed by atoms with E-state index in [4.69, 9.17) is 4.74 Å². The standard InChI is InChI=1S/C13H17BrN2O/c14-11-1-3-12(4-2-11)16-6-5-15-7-8-17-10-13(15)9-16/h1-4,13H,5-10H2. The Labute approximate surface area is 110 Å². The molecule has 2 heterocycles. The predicted octanol–water partition coefficient (Wildman–Crippen LogP) is 1.97. The first-order valence-electron chi connectivity index (χ1n) is 6.15. The molecule has 4 heteroatoms. The zero-order valence-corrected chi connectivity index (χ0v) is 11.4. The maximum Gasteiger partial charge on any atom is 0.0639 e. The van der Waals surface area contributed by atoms with Gasteiger partial charge in [-0.1, -0.05) is 15.9 Å². The van der Waals surface area contributed by atoms with E-state index >= 15 is 0 Å². The second-order valence-corrected chi connectivity index (χ2v) is 5.60. The molecule has 0 aromatic heterocycles. The highest BCUT2D eigenvalue weighted by Crippen LogP contribution is 2.22. The number of fused-ring (bicyclic) bond motifs is 1. The van der Waals surface area contributed by atoms with Crippen molar-refractivity contribution in [2.45, 2.75) is 6.04 Å². The van der Waals surface area contributed by atoms with Gasteiger partial charge in [0.05, 0.1) is 19.3 Å². The summed E-state index contributed by atoms with van der Waals surface area (Å²) in [4.78, 5) is 5.02. The predicted molar refractivity (Wildman–Crippen MR) is 72.5 cm³/mol. The van der Waals surface area contributed by atoms with E-state index in [9.17, 15) is 0 Å². The Hall–Kier alpha value is -0.580. The molecule has 2 aliphatic rings. The topological polar surface area (TPSA) is 15.7 Å². The molecule has 92 valence electrons. The fourth-order valence-corrected chi connectivity index (χ4v) is 2.90. The Morgan fingerprint density at radius 3 is 2.76 bits per heavy atom. The largest absolute Gasteiger partial charge is 0.378 e. The van der Waals surface area contributed by atoms with Crippen molar-refractivity contribution < 1.29 is 4.74 Å². The smallest absolute Gasteiger partial charge is 0.0639 e. The average molecular weight is 297 g/mol. The Morgan fingerprint density at radius 2 is 1.94 bits per heavy atom. The van der Waals surface area contributed by atoms with E-state index in [1.54, 1.807) is 0 Å². The van der Waals surface area contributed by atoms with E-state index in [1.807, 2.05) is 0 Å². The SMILES string of the molecule is Brc1ccc(N2CCN3CCOCC3C2)cc1. The van der Waals surface area contributed by atoms with Crippen LogP contribution in [0.25, 0.3) is 0 Å². The second-order valence-electron chi connectivity index (χ2n) is 4.69. The molecule has 0 N–H and O–H groups in total. The molecule has 1 aromatic carbocycles. The van der Waals surface area contributed by atoms with E-state index in [1.165, 1.54) is 5.69 Å². The molecule has 17 heavy (non-hydrogen) atoms. The van der Waals surface area contributed by atoms with Crippen LogP contribution in [0.15, 0.2) is 28.7 Å². The van der Waals surface area contributed by atoms with Crippen LogP contribution >= 0.6 is 15.9 Å². The number of hydrogen-bond acceptors (Lipinski definition) is 3. The van der Waals surface area contributed by atoms with Crippen molar-refractivity contribution in [1.82, 2.24) is 4.90 Å². The van der Waals surface area contributed by atoms with Crippen molar-refractivity contribution in [2.75, 3.05) is 44.3 Å². The first kappa shape index (κ1) is 11.5. The highest BCUT2D eigenvalue weighted by atomic mass is 79.9. The van der Waals surface area contributed by atoms with E-state index in [2.05, 4.69) is 50.0 Å². The van der Waals surface area contributed by atoms with Gasteiger partial charge in [0.1, 0.15) is 0 Å². The van der Waals surface area contributed by atoms with Gasteiger partial charge < -0.3 is 9.64 Å². The minimum absolute atomic E-state index is 0.571. The van der Waals surface area contributed by atoms with Crippen LogP contribution in [-0.4, -0.2) is 50.3 Å². The third-order valence-electron chi connectivity index (χ3n) is 3.63. The molecule has 2 aliphatic heterocycles. The van der Waals surface area contributed by atoms with E-state index in [-0.39, 0.29) is 0 Å². The summed E-state index contributed by atoms with van der Waals surface area (Å²) in [6, 6.07) is 9.16. The van der Waals surface area contributed by atoms with Crippen LogP contribution in [-0.2, 0) is 4.74 Å². The Balaban J connectivity index is 1.71. The number of rotatable bonds is 1. The van der Waals surface area contributed by atoms with Crippen LogP contribution in [0, 0.1) is 0 Å². The van der Waals surface area contributed by atoms with Gasteiger partial charge in [-0.2, -0.15) is 0 Å². The van der Waals surface area contributed by atoms with Crippen molar-refractivity contribution in [3.8, 4) is 0 Å². The van der Waals surface area contributed by atoms with Crippen molar-refractivity contribution >= 4 is 21.6 Å². The summed E-state index contributed by atoms with van der Waals surface area (Å²) in [6.45, 7) is 6.24. The quantitative estimate of drug-likeness (QED) is 0.788. The van der Waals surface area contributed by atoms with Crippen molar-refractivity contribution in [3.05, 3.63) is 28.7 Å². The summed E-state index contributed by atoms with van der Waals surface area (Å²) >= 11 is 3.48. The average Bonchev–Trinajstić information content (AvgIpc) is 2.39. The van der Waals surface area contributed by atoms with Crippen LogP contribution in [0.1, 0.15) is 0 Å². The minimum atomic E-state index is 0.571. The van der Waals surface area contributed by atoms with Gasteiger partial charge in [-0.25, -0.2) is 0 Å². The molecule has 0 spiro atoms. The van der Waals surface area contributed by atoms with Crippen molar-refractivity contribution in [1.29, 1.82) is 0 Å². The zero-order valence-electron chi connectivity index (χ0n) is 9.81. The summed E-state index contributed by atoms with van der Waals surface area (Å²) in [5.74, 6) is 0. The monoisotopic (exact) mass is 296 g/mol. The molecule has 2 saturated heterocycles. The molecule has 2 fully saturated rings. The van der Waals surface area contributed by atoms with Gasteiger partial charge in [0.15, 0.2) is 0 Å². The molecule has 0 bridgehead atoms. The molecule has 0 amide bonds. The van der Waals surface area contributed by atoms with Crippen LogP contribution in [0.4, 0.5) is 5.69 Å². The first-order valence-corrected chi connectivity index (χ1v) is 6.94. The molecule has 1 atom stereocenters. The van der Waals surface area contributed by atoms with Gasteiger partial charge in [0, 0.05) is 36.3 Å². The molecule has 0 aliphatic carbocycles. The van der Waals surface area contributed by atoms with Crippen LogP contribution < -0.4 is 4.90 Å². The minimum Gasteiger partial charge on any atom is -0.378 e. The number of anilines is 1. The molecular weight excluding hydrogens is 280 g/mol. The lowest BCUT2D eigenvalue weighted by molar-refractivity contribution is -0.0116. The molecule has 3 rings (SSSR count). The second kappa shape index (κ2) is 4.96. The Morgan fingerprint density at radius 1 is 1.12 bits per heavy atom. The number of piperazine rings is 1. The summed E-state index contributed by atoms with van der Waals surface area (Å²) in [7, 11) is 0. The molecule has 0 saturated carbocycles. The summed E-state index contributed by atoms with van der Waals surface area (Å²) in [5, 5.41) is 0. The lowest BCUT2D eigenvalue weighted by Gasteiger charge is -2.44. The summed E-state index contributed by atoms with van der Waals surface area (Å²) in [5.41, 5.74) is 1.32. The molecule has 1 unspecified atom stereocenters. The highest BCUT2D eigenvalue weighted by Gasteiger charge is 2.29. The van der Waals surface area contributed by atoms with E-state index in [0.717, 1.165) is 43.9 Å². The number of halogens is 1. The first-order chi connectivity index (χ1) is 8.33. The number of ether oxygens (including phenoxy) is 1. The molecule has 1 aromatic rings. The summed E-state index contributed by atoms with van der Waals surface area (Å²) < 4.78 is 6.71. The van der Waals surface area contributed by atoms with E-state index < -0.39 is 0 Å². The fraction of sp³-hybridized carbons (Fsp3) is 0.538. The van der Waals surface area contributed by atoms with Crippen molar-refractivity contribution in [2.24, 2.45) is 0 Å². The van der Waals surface area contributed by atoms with Crippen molar-refractivity contribution in [3.63, 3.8) is 0 Å². The Bertz CT molecular complexity index is 382. The summed E-state index contributed by atoms with van der Waals surface area (Å²) in [6.07, 6.45) is 0. The van der Waals surface area contributed by atoms with Gasteiger partial charge in [-0.15, -0.1) is 0 Å². The van der Waals surface area contributed by atoms with Crippen LogP contribution in [0.3, 0.4) is 0 Å². The molecular formula is C13H17BrN2O. The number of hydrogen-bond donors (Lipinski definition) is 0. The highest BCUT2D eigenvalue weighted by molar-refractivity contribution is 9.10. The third-order valence-corrected chi connectivity index (χ3v) is 4.16.